The molecule has 17 heavy (non-hydrogen) atoms. The van der Waals surface area contributed by atoms with E-state index in [9.17, 15) is 0 Å². The first kappa shape index (κ1) is 12.0. The molecule has 1 aromatic carbocycles. The number of ether oxygens (including phenoxy) is 2. The minimum absolute atomic E-state index is 0.472. The number of halogens is 1. The maximum absolute atomic E-state index is 5.76. The summed E-state index contributed by atoms with van der Waals surface area (Å²) in [6, 6.07) is 5.50. The molecule has 0 saturated heterocycles. The second kappa shape index (κ2) is 5.25. The van der Waals surface area contributed by atoms with E-state index in [0.29, 0.717) is 10.3 Å². The molecule has 0 amide bonds. The molecule has 90 valence electrons. The highest BCUT2D eigenvalue weighted by Gasteiger charge is 2.07. The molecule has 0 aliphatic carbocycles. The van der Waals surface area contributed by atoms with Gasteiger partial charge in [0, 0.05) is 11.4 Å². The number of nitrogens with one attached hydrogen (secondary N) is 1. The quantitative estimate of drug-likeness (QED) is 0.923. The molecule has 4 nitrogen and oxygen atoms in total. The van der Waals surface area contributed by atoms with Gasteiger partial charge >= 0.3 is 0 Å². The fourth-order valence-electron chi connectivity index (χ4n) is 1.34. The first-order chi connectivity index (χ1) is 8.22. The first-order valence-corrected chi connectivity index (χ1v) is 6.09. The normalized spacial score (nSPS) is 10.1. The highest BCUT2D eigenvalue weighted by atomic mass is 35.5. The molecule has 0 atom stereocenters. The zero-order valence-corrected chi connectivity index (χ0v) is 10.9. The van der Waals surface area contributed by atoms with Gasteiger partial charge in [-0.3, -0.25) is 0 Å². The van der Waals surface area contributed by atoms with Crippen molar-refractivity contribution in [2.75, 3.05) is 19.5 Å². The van der Waals surface area contributed by atoms with E-state index in [-0.39, 0.29) is 0 Å². The van der Waals surface area contributed by atoms with Crippen molar-refractivity contribution in [3.8, 4) is 11.5 Å². The smallest absolute Gasteiger partial charge is 0.188 e. The van der Waals surface area contributed by atoms with Crippen molar-refractivity contribution in [3.05, 3.63) is 28.7 Å². The Kier molecular flexibility index (Phi) is 3.71. The van der Waals surface area contributed by atoms with E-state index in [0.717, 1.165) is 17.2 Å². The minimum Gasteiger partial charge on any atom is -0.497 e. The molecule has 1 heterocycles. The summed E-state index contributed by atoms with van der Waals surface area (Å²) in [4.78, 5) is 4.11. The topological polar surface area (TPSA) is 43.4 Å². The highest BCUT2D eigenvalue weighted by molar-refractivity contribution is 7.14. The van der Waals surface area contributed by atoms with E-state index in [1.807, 2.05) is 18.2 Å². The highest BCUT2D eigenvalue weighted by Crippen LogP contribution is 2.32. The lowest BCUT2D eigenvalue weighted by Crippen LogP contribution is -1.95. The van der Waals surface area contributed by atoms with Crippen LogP contribution < -0.4 is 14.8 Å². The van der Waals surface area contributed by atoms with Crippen molar-refractivity contribution in [1.29, 1.82) is 0 Å². The van der Waals surface area contributed by atoms with Crippen LogP contribution in [0, 0.1) is 0 Å². The van der Waals surface area contributed by atoms with Crippen molar-refractivity contribution >= 4 is 33.8 Å². The van der Waals surface area contributed by atoms with Crippen LogP contribution in [0.25, 0.3) is 0 Å². The number of benzene rings is 1. The van der Waals surface area contributed by atoms with Gasteiger partial charge < -0.3 is 14.8 Å². The standard InChI is InChI=1S/C11H11ClN2O2S/c1-15-7-3-4-9(16-2)8(5-7)13-11-14-10(12)6-17-11/h3-6H,1-2H3,(H,13,14). The average molecular weight is 271 g/mol. The van der Waals surface area contributed by atoms with Gasteiger partial charge in [-0.2, -0.15) is 0 Å². The number of thiazole rings is 1. The Bertz CT molecular complexity index is 516. The Morgan fingerprint density at radius 1 is 1.29 bits per heavy atom. The maximum atomic E-state index is 5.76. The fourth-order valence-corrected chi connectivity index (χ4v) is 2.19. The number of rotatable bonds is 4. The van der Waals surface area contributed by atoms with Gasteiger partial charge in [0.2, 0.25) is 0 Å². The number of methoxy groups -OCH3 is 2. The van der Waals surface area contributed by atoms with Gasteiger partial charge in [-0.25, -0.2) is 4.98 Å². The zero-order chi connectivity index (χ0) is 12.3. The number of nitrogens with zero attached hydrogens (tertiary/aromatic N) is 1. The molecule has 0 saturated carbocycles. The Labute approximate surface area is 108 Å². The van der Waals surface area contributed by atoms with Crippen LogP contribution in [0.4, 0.5) is 10.8 Å². The van der Waals surface area contributed by atoms with Crippen LogP contribution in [-0.2, 0) is 0 Å². The first-order valence-electron chi connectivity index (χ1n) is 4.83. The van der Waals surface area contributed by atoms with Gasteiger partial charge in [-0.15, -0.1) is 11.3 Å². The van der Waals surface area contributed by atoms with Crippen molar-refractivity contribution in [2.45, 2.75) is 0 Å². The van der Waals surface area contributed by atoms with Gasteiger partial charge in [0.25, 0.3) is 0 Å². The van der Waals surface area contributed by atoms with Crippen molar-refractivity contribution in [1.82, 2.24) is 4.98 Å². The summed E-state index contributed by atoms with van der Waals surface area (Å²) >= 11 is 7.19. The summed E-state index contributed by atoms with van der Waals surface area (Å²) < 4.78 is 10.4. The van der Waals surface area contributed by atoms with E-state index in [1.54, 1.807) is 19.6 Å². The molecule has 0 aliphatic rings. The summed E-state index contributed by atoms with van der Waals surface area (Å²) in [6.07, 6.45) is 0. The summed E-state index contributed by atoms with van der Waals surface area (Å²) in [5.41, 5.74) is 0.790. The lowest BCUT2D eigenvalue weighted by atomic mass is 10.2. The molecular weight excluding hydrogens is 260 g/mol. The molecule has 2 aromatic rings. The van der Waals surface area contributed by atoms with E-state index >= 15 is 0 Å². The zero-order valence-electron chi connectivity index (χ0n) is 9.36. The number of aromatic nitrogens is 1. The Morgan fingerprint density at radius 2 is 2.12 bits per heavy atom. The minimum atomic E-state index is 0.472. The SMILES string of the molecule is COc1ccc(OC)c(Nc2nc(Cl)cs2)c1. The molecule has 1 N–H and O–H groups in total. The van der Waals surface area contributed by atoms with Crippen LogP contribution in [0.5, 0.6) is 11.5 Å². The van der Waals surface area contributed by atoms with Gasteiger partial charge in [-0.1, -0.05) is 11.6 Å². The molecule has 0 aliphatic heterocycles. The molecule has 0 bridgehead atoms. The van der Waals surface area contributed by atoms with Crippen LogP contribution in [0.15, 0.2) is 23.6 Å². The molecule has 0 radical (unpaired) electrons. The second-order valence-electron chi connectivity index (χ2n) is 3.17. The lowest BCUT2D eigenvalue weighted by Gasteiger charge is -2.10. The van der Waals surface area contributed by atoms with Crippen LogP contribution >= 0.6 is 22.9 Å². The summed E-state index contributed by atoms with van der Waals surface area (Å²) in [5.74, 6) is 1.47. The fraction of sp³-hybridized carbons (Fsp3) is 0.182. The predicted molar refractivity (Wildman–Crippen MR) is 70.0 cm³/mol. The number of hydrogen-bond donors (Lipinski definition) is 1. The third kappa shape index (κ3) is 2.81. The Hall–Kier alpha value is -1.46. The third-order valence-electron chi connectivity index (χ3n) is 2.12. The molecular formula is C11H11ClN2O2S. The van der Waals surface area contributed by atoms with Crippen molar-refractivity contribution in [3.63, 3.8) is 0 Å². The van der Waals surface area contributed by atoms with E-state index in [4.69, 9.17) is 21.1 Å². The lowest BCUT2D eigenvalue weighted by molar-refractivity contribution is 0.405. The number of hydrogen-bond acceptors (Lipinski definition) is 5. The average Bonchev–Trinajstić information content (AvgIpc) is 2.74. The summed E-state index contributed by atoms with van der Waals surface area (Å²) in [6.45, 7) is 0. The molecule has 0 unspecified atom stereocenters. The second-order valence-corrected chi connectivity index (χ2v) is 4.41. The largest absolute Gasteiger partial charge is 0.497 e. The summed E-state index contributed by atoms with van der Waals surface area (Å²) in [5, 5.41) is 6.08. The van der Waals surface area contributed by atoms with Gasteiger partial charge in [0.15, 0.2) is 5.13 Å². The maximum Gasteiger partial charge on any atom is 0.188 e. The van der Waals surface area contributed by atoms with Crippen LogP contribution in [0.2, 0.25) is 5.15 Å². The van der Waals surface area contributed by atoms with E-state index in [2.05, 4.69) is 10.3 Å². The van der Waals surface area contributed by atoms with Gasteiger partial charge in [-0.05, 0) is 12.1 Å². The molecule has 0 fully saturated rings. The molecule has 0 spiro atoms. The van der Waals surface area contributed by atoms with Crippen LogP contribution in [0.1, 0.15) is 0 Å². The van der Waals surface area contributed by atoms with Crippen molar-refractivity contribution in [2.24, 2.45) is 0 Å². The molecule has 2 rings (SSSR count). The van der Waals surface area contributed by atoms with Crippen LogP contribution in [-0.4, -0.2) is 19.2 Å². The molecule has 6 heteroatoms. The van der Waals surface area contributed by atoms with Gasteiger partial charge in [0.1, 0.15) is 16.7 Å². The predicted octanol–water partition coefficient (Wildman–Crippen LogP) is 3.56. The monoisotopic (exact) mass is 270 g/mol. The van der Waals surface area contributed by atoms with Crippen LogP contribution in [0.3, 0.4) is 0 Å². The summed E-state index contributed by atoms with van der Waals surface area (Å²) in [7, 11) is 3.23. The third-order valence-corrected chi connectivity index (χ3v) is 3.21. The Balaban J connectivity index is 2.29. The van der Waals surface area contributed by atoms with E-state index < -0.39 is 0 Å². The van der Waals surface area contributed by atoms with Gasteiger partial charge in [0.05, 0.1) is 19.9 Å². The van der Waals surface area contributed by atoms with E-state index in [1.165, 1.54) is 11.3 Å². The van der Waals surface area contributed by atoms with Crippen molar-refractivity contribution < 1.29 is 9.47 Å². The molecule has 1 aromatic heterocycles. The number of anilines is 2. The Morgan fingerprint density at radius 3 is 2.71 bits per heavy atom.